The van der Waals surface area contributed by atoms with Crippen molar-refractivity contribution in [3.63, 3.8) is 0 Å². The summed E-state index contributed by atoms with van der Waals surface area (Å²) in [5.74, 6) is -1.24. The van der Waals surface area contributed by atoms with Gasteiger partial charge in [-0.3, -0.25) is 19.6 Å². The van der Waals surface area contributed by atoms with Gasteiger partial charge < -0.3 is 5.73 Å². The Morgan fingerprint density at radius 2 is 1.92 bits per heavy atom. The molecular weight excluding hydrogens is 400 g/mol. The fourth-order valence-corrected chi connectivity index (χ4v) is 3.43. The molecule has 3 rings (SSSR count). The van der Waals surface area contributed by atoms with Gasteiger partial charge in [-0.15, -0.1) is 0 Å². The Labute approximate surface area is 157 Å². The maximum absolute atomic E-state index is 12.1. The molecule has 0 aliphatic heterocycles. The minimum atomic E-state index is -0.710. The molecule has 0 fully saturated rings. The number of amides is 1. The molecule has 3 aromatic rings. The monoisotopic (exact) mass is 414 g/mol. The zero-order chi connectivity index (χ0) is 18.8. The minimum Gasteiger partial charge on any atom is -0.369 e. The number of primary amides is 1. The van der Waals surface area contributed by atoms with Crippen LogP contribution in [0.4, 0.5) is 5.69 Å². The summed E-state index contributed by atoms with van der Waals surface area (Å²) >= 11 is 3.47. The van der Waals surface area contributed by atoms with E-state index in [9.17, 15) is 14.9 Å². The fourth-order valence-electron chi connectivity index (χ4n) is 2.83. The molecule has 0 spiro atoms. The average molecular weight is 415 g/mol. The van der Waals surface area contributed by atoms with Crippen molar-refractivity contribution in [2.75, 3.05) is 0 Å². The van der Waals surface area contributed by atoms with E-state index in [2.05, 4.69) is 21.0 Å². The molecule has 0 saturated carbocycles. The minimum absolute atomic E-state index is 0.0388. The van der Waals surface area contributed by atoms with Crippen LogP contribution in [0.5, 0.6) is 0 Å². The number of non-ortho nitro benzene ring substituents is 1. The van der Waals surface area contributed by atoms with Crippen LogP contribution in [0.3, 0.4) is 0 Å². The highest BCUT2D eigenvalue weighted by Gasteiger charge is 2.22. The predicted molar refractivity (Wildman–Crippen MR) is 100 cm³/mol. The molecule has 0 aliphatic carbocycles. The molecule has 2 N–H and O–H groups in total. The molecule has 1 unspecified atom stereocenters. The molecule has 132 valence electrons. The van der Waals surface area contributed by atoms with Crippen molar-refractivity contribution in [3.05, 3.63) is 80.4 Å². The van der Waals surface area contributed by atoms with Gasteiger partial charge in [0.1, 0.15) is 5.69 Å². The zero-order valence-corrected chi connectivity index (χ0v) is 15.4. The highest BCUT2D eigenvalue weighted by molar-refractivity contribution is 9.10. The second kappa shape index (κ2) is 7.09. The summed E-state index contributed by atoms with van der Waals surface area (Å²) in [5.41, 5.74) is 8.46. The normalized spacial score (nSPS) is 11.9. The Morgan fingerprint density at radius 1 is 1.23 bits per heavy atom. The van der Waals surface area contributed by atoms with Crippen molar-refractivity contribution in [1.29, 1.82) is 0 Å². The molecule has 2 aromatic carbocycles. The summed E-state index contributed by atoms with van der Waals surface area (Å²) in [6.45, 7) is 0. The van der Waals surface area contributed by atoms with Crippen LogP contribution in [0.25, 0.3) is 11.3 Å². The number of halogens is 1. The number of hydrogen-bond donors (Lipinski definition) is 1. The lowest BCUT2D eigenvalue weighted by Gasteiger charge is -2.15. The van der Waals surface area contributed by atoms with Crippen LogP contribution in [0.2, 0.25) is 0 Å². The Bertz CT molecular complexity index is 982. The van der Waals surface area contributed by atoms with Crippen molar-refractivity contribution in [1.82, 2.24) is 9.78 Å². The van der Waals surface area contributed by atoms with Gasteiger partial charge in [-0.2, -0.15) is 5.10 Å². The molecule has 0 bridgehead atoms. The second-order valence-electron chi connectivity index (χ2n) is 5.81. The maximum Gasteiger partial charge on any atom is 0.269 e. The van der Waals surface area contributed by atoms with Crippen LogP contribution in [-0.2, 0) is 11.8 Å². The number of nitro groups is 1. The average Bonchev–Trinajstić information content (AvgIpc) is 2.94. The second-order valence-corrected chi connectivity index (χ2v) is 6.66. The SMILES string of the molecule is Cn1cc(Br)c(-c2cccc(C(C(N)=O)c3ccc([N+](=O)[O-])cc3)c2)n1. The van der Waals surface area contributed by atoms with E-state index >= 15 is 0 Å². The van der Waals surface area contributed by atoms with E-state index in [1.807, 2.05) is 31.4 Å². The lowest BCUT2D eigenvalue weighted by atomic mass is 9.89. The van der Waals surface area contributed by atoms with E-state index in [4.69, 9.17) is 5.73 Å². The third kappa shape index (κ3) is 3.50. The van der Waals surface area contributed by atoms with Gasteiger partial charge in [0.05, 0.1) is 15.3 Å². The van der Waals surface area contributed by atoms with Crippen LogP contribution < -0.4 is 5.73 Å². The number of nitrogens with zero attached hydrogens (tertiary/aromatic N) is 3. The summed E-state index contributed by atoms with van der Waals surface area (Å²) in [4.78, 5) is 22.4. The summed E-state index contributed by atoms with van der Waals surface area (Å²) in [6, 6.07) is 13.2. The molecule has 0 radical (unpaired) electrons. The van der Waals surface area contributed by atoms with Crippen LogP contribution in [0, 0.1) is 10.1 Å². The molecular formula is C18H15BrN4O3. The standard InChI is InChI=1S/C18H15BrN4O3/c1-22-10-15(19)17(21-22)13-4-2-3-12(9-13)16(18(20)24)11-5-7-14(8-6-11)23(25)26/h2-10,16H,1H3,(H2,20,24). The first-order valence-electron chi connectivity index (χ1n) is 7.70. The highest BCUT2D eigenvalue weighted by Crippen LogP contribution is 2.31. The first-order chi connectivity index (χ1) is 12.4. The number of benzene rings is 2. The first kappa shape index (κ1) is 17.8. The van der Waals surface area contributed by atoms with Gasteiger partial charge in [-0.25, -0.2) is 0 Å². The topological polar surface area (TPSA) is 104 Å². The summed E-state index contributed by atoms with van der Waals surface area (Å²) < 4.78 is 2.52. The number of carbonyl (C=O) groups is 1. The van der Waals surface area contributed by atoms with E-state index in [1.165, 1.54) is 12.1 Å². The molecule has 26 heavy (non-hydrogen) atoms. The van der Waals surface area contributed by atoms with Gasteiger partial charge in [0, 0.05) is 30.9 Å². The molecule has 0 aliphatic rings. The Balaban J connectivity index is 2.04. The Kier molecular flexibility index (Phi) is 4.85. The van der Waals surface area contributed by atoms with Crippen LogP contribution in [-0.4, -0.2) is 20.6 Å². The molecule has 7 nitrogen and oxygen atoms in total. The van der Waals surface area contributed by atoms with Crippen molar-refractivity contribution < 1.29 is 9.72 Å². The molecule has 1 heterocycles. The third-order valence-corrected chi connectivity index (χ3v) is 4.58. The molecule has 8 heteroatoms. The molecule has 1 aromatic heterocycles. The number of nitrogens with two attached hydrogens (primary N) is 1. The number of aryl methyl sites for hydroxylation is 1. The van der Waals surface area contributed by atoms with Gasteiger partial charge >= 0.3 is 0 Å². The third-order valence-electron chi connectivity index (χ3n) is 4.00. The summed E-state index contributed by atoms with van der Waals surface area (Å²) in [7, 11) is 1.82. The van der Waals surface area contributed by atoms with E-state index in [0.29, 0.717) is 11.1 Å². The van der Waals surface area contributed by atoms with Crippen molar-refractivity contribution in [2.45, 2.75) is 5.92 Å². The molecule has 1 atom stereocenters. The van der Waals surface area contributed by atoms with E-state index in [0.717, 1.165) is 15.7 Å². The first-order valence-corrected chi connectivity index (χ1v) is 8.49. The van der Waals surface area contributed by atoms with E-state index in [1.54, 1.807) is 22.9 Å². The van der Waals surface area contributed by atoms with Crippen LogP contribution in [0.15, 0.2) is 59.2 Å². The number of hydrogen-bond acceptors (Lipinski definition) is 4. The largest absolute Gasteiger partial charge is 0.369 e. The van der Waals surface area contributed by atoms with Crippen molar-refractivity contribution in [3.8, 4) is 11.3 Å². The van der Waals surface area contributed by atoms with Crippen molar-refractivity contribution in [2.24, 2.45) is 12.8 Å². The van der Waals surface area contributed by atoms with Crippen molar-refractivity contribution >= 4 is 27.5 Å². The lowest BCUT2D eigenvalue weighted by molar-refractivity contribution is -0.384. The lowest BCUT2D eigenvalue weighted by Crippen LogP contribution is -2.22. The molecule has 0 saturated heterocycles. The number of aromatic nitrogens is 2. The molecule has 1 amide bonds. The Hall–Kier alpha value is -3.00. The van der Waals surface area contributed by atoms with Gasteiger partial charge in [0.15, 0.2) is 0 Å². The summed E-state index contributed by atoms with van der Waals surface area (Å²) in [6.07, 6.45) is 1.84. The Morgan fingerprint density at radius 3 is 2.46 bits per heavy atom. The van der Waals surface area contributed by atoms with Crippen LogP contribution >= 0.6 is 15.9 Å². The van der Waals surface area contributed by atoms with Gasteiger partial charge in [0.2, 0.25) is 5.91 Å². The van der Waals surface area contributed by atoms with E-state index in [-0.39, 0.29) is 5.69 Å². The van der Waals surface area contributed by atoms with E-state index < -0.39 is 16.7 Å². The smallest absolute Gasteiger partial charge is 0.269 e. The van der Waals surface area contributed by atoms with Crippen LogP contribution in [0.1, 0.15) is 17.0 Å². The zero-order valence-electron chi connectivity index (χ0n) is 13.8. The van der Waals surface area contributed by atoms with Gasteiger partial charge in [-0.05, 0) is 33.1 Å². The number of rotatable bonds is 5. The quantitative estimate of drug-likeness (QED) is 0.510. The predicted octanol–water partition coefficient (Wildman–Crippen LogP) is 3.38. The summed E-state index contributed by atoms with van der Waals surface area (Å²) in [5, 5.41) is 15.2. The number of nitro benzene ring substituents is 1. The van der Waals surface area contributed by atoms with Gasteiger partial charge in [0.25, 0.3) is 5.69 Å². The maximum atomic E-state index is 12.1. The van der Waals surface area contributed by atoms with Gasteiger partial charge in [-0.1, -0.05) is 30.3 Å². The highest BCUT2D eigenvalue weighted by atomic mass is 79.9. The fraction of sp³-hybridized carbons (Fsp3) is 0.111. The number of carbonyl (C=O) groups excluding carboxylic acids is 1.